The first-order valence-corrected chi connectivity index (χ1v) is 5.90. The predicted octanol–water partition coefficient (Wildman–Crippen LogP) is 3.56. The molecule has 0 saturated heterocycles. The number of rotatable bonds is 2. The van der Waals surface area contributed by atoms with Gasteiger partial charge in [0.1, 0.15) is 5.02 Å². The van der Waals surface area contributed by atoms with E-state index in [1.807, 2.05) is 0 Å². The van der Waals surface area contributed by atoms with E-state index in [0.29, 0.717) is 0 Å². The van der Waals surface area contributed by atoms with Gasteiger partial charge >= 0.3 is 11.4 Å². The molecule has 0 N–H and O–H groups in total. The Morgan fingerprint density at radius 3 is 1.86 bits per heavy atom. The van der Waals surface area contributed by atoms with Crippen LogP contribution in [0.25, 0.3) is 0 Å². The topological polar surface area (TPSA) is 112 Å². The summed E-state index contributed by atoms with van der Waals surface area (Å²) in [5.74, 6) is -2.63. The van der Waals surface area contributed by atoms with E-state index in [4.69, 9.17) is 23.2 Å². The molecule has 0 spiro atoms. The molecule has 22 heavy (non-hydrogen) atoms. The van der Waals surface area contributed by atoms with Crippen LogP contribution in [0.5, 0.6) is 0 Å². The number of hydrogen-bond acceptors (Lipinski definition) is 6. The fraction of sp³-hybridized carbons (Fsp3) is 0. The number of aromatic nitrogens is 2. The molecule has 8 nitrogen and oxygen atoms in total. The molecule has 0 aliphatic heterocycles. The lowest BCUT2D eigenvalue weighted by molar-refractivity contribution is -0.390. The van der Waals surface area contributed by atoms with Crippen LogP contribution in [0.4, 0.5) is 20.2 Å². The van der Waals surface area contributed by atoms with Crippen molar-refractivity contribution in [2.75, 3.05) is 0 Å². The van der Waals surface area contributed by atoms with Gasteiger partial charge in [0.05, 0.1) is 9.85 Å². The summed E-state index contributed by atoms with van der Waals surface area (Å²) in [6.07, 6.45) is 2.12. The average molecular weight is 353 g/mol. The zero-order valence-corrected chi connectivity index (χ0v) is 11.8. The van der Waals surface area contributed by atoms with Gasteiger partial charge < -0.3 is 0 Å². The standard InChI is InChI=1S/C5H2Cl2N2O2.C5H2F2N2O2/c2*6-3-1-2-8-5(7)4(3)9(10)11/h2*1-2H. The normalized spacial score (nSPS) is 9.64. The molecule has 0 amide bonds. The minimum atomic E-state index is -1.41. The summed E-state index contributed by atoms with van der Waals surface area (Å²) in [7, 11) is 0. The summed E-state index contributed by atoms with van der Waals surface area (Å²) >= 11 is 10.8. The Balaban J connectivity index is 0.000000220. The first-order chi connectivity index (χ1) is 10.3. The molecule has 0 saturated carbocycles. The molecular formula is C10H4Cl2F2N4O4. The van der Waals surface area contributed by atoms with Gasteiger partial charge in [0.25, 0.3) is 5.95 Å². The zero-order chi connectivity index (χ0) is 16.9. The quantitative estimate of drug-likeness (QED) is 0.463. The van der Waals surface area contributed by atoms with Gasteiger partial charge in [-0.15, -0.1) is 0 Å². The van der Waals surface area contributed by atoms with Crippen LogP contribution in [0.2, 0.25) is 10.2 Å². The van der Waals surface area contributed by atoms with E-state index >= 15 is 0 Å². The van der Waals surface area contributed by atoms with Crippen molar-refractivity contribution < 1.29 is 18.6 Å². The molecule has 0 unspecified atom stereocenters. The SMILES string of the molecule is O=[N+]([O-])c1c(Cl)ccnc1Cl.O=[N+]([O-])c1c(F)ccnc1F. The van der Waals surface area contributed by atoms with E-state index in [9.17, 15) is 29.0 Å². The minimum absolute atomic E-state index is 0.00463. The lowest BCUT2D eigenvalue weighted by Crippen LogP contribution is -1.97. The molecule has 0 aliphatic carbocycles. The van der Waals surface area contributed by atoms with E-state index in [1.165, 1.54) is 12.3 Å². The zero-order valence-electron chi connectivity index (χ0n) is 10.2. The average Bonchev–Trinajstić information content (AvgIpc) is 2.38. The van der Waals surface area contributed by atoms with Crippen LogP contribution in [0.15, 0.2) is 24.5 Å². The van der Waals surface area contributed by atoms with Crippen LogP contribution >= 0.6 is 23.2 Å². The second-order valence-electron chi connectivity index (χ2n) is 3.38. The molecule has 116 valence electrons. The van der Waals surface area contributed by atoms with E-state index in [1.54, 1.807) is 0 Å². The Morgan fingerprint density at radius 1 is 0.955 bits per heavy atom. The van der Waals surface area contributed by atoms with Crippen LogP contribution in [0, 0.1) is 32.0 Å². The lowest BCUT2D eigenvalue weighted by atomic mass is 10.4. The van der Waals surface area contributed by atoms with Gasteiger partial charge in [-0.25, -0.2) is 9.97 Å². The molecule has 0 aliphatic rings. The molecular weight excluding hydrogens is 349 g/mol. The summed E-state index contributed by atoms with van der Waals surface area (Å²) in [5.41, 5.74) is -1.57. The summed E-state index contributed by atoms with van der Waals surface area (Å²) in [5, 5.41) is 20.0. The van der Waals surface area contributed by atoms with Gasteiger partial charge in [-0.3, -0.25) is 20.2 Å². The largest absolute Gasteiger partial charge is 0.359 e. The Bertz CT molecular complexity index is 630. The van der Waals surface area contributed by atoms with Crippen LogP contribution in [0.3, 0.4) is 0 Å². The third-order valence-electron chi connectivity index (χ3n) is 2.03. The van der Waals surface area contributed by atoms with Gasteiger partial charge in [-0.05, 0) is 12.1 Å². The van der Waals surface area contributed by atoms with Crippen LogP contribution in [0.1, 0.15) is 0 Å². The molecule has 2 aromatic heterocycles. The Labute approximate surface area is 130 Å². The van der Waals surface area contributed by atoms with Crippen molar-refractivity contribution in [3.05, 3.63) is 66.7 Å². The Hall–Kier alpha value is -2.46. The molecule has 12 heteroatoms. The third-order valence-corrected chi connectivity index (χ3v) is 2.61. The first kappa shape index (κ1) is 17.6. The van der Waals surface area contributed by atoms with Crippen molar-refractivity contribution in [1.29, 1.82) is 0 Å². The van der Waals surface area contributed by atoms with Gasteiger partial charge in [0.15, 0.2) is 0 Å². The highest BCUT2D eigenvalue weighted by Crippen LogP contribution is 2.29. The second kappa shape index (κ2) is 7.52. The van der Waals surface area contributed by atoms with Crippen LogP contribution in [-0.2, 0) is 0 Å². The van der Waals surface area contributed by atoms with Gasteiger partial charge in [0.2, 0.25) is 11.0 Å². The molecule has 0 radical (unpaired) electrons. The van der Waals surface area contributed by atoms with Gasteiger partial charge in [-0.2, -0.15) is 8.78 Å². The van der Waals surface area contributed by atoms with Crippen molar-refractivity contribution in [2.45, 2.75) is 0 Å². The van der Waals surface area contributed by atoms with Crippen LogP contribution < -0.4 is 0 Å². The molecule has 0 fully saturated rings. The number of pyridine rings is 2. The van der Waals surface area contributed by atoms with Crippen molar-refractivity contribution >= 4 is 34.6 Å². The van der Waals surface area contributed by atoms with Crippen LogP contribution in [-0.4, -0.2) is 19.8 Å². The van der Waals surface area contributed by atoms with E-state index in [0.717, 1.165) is 12.3 Å². The fourth-order valence-electron chi connectivity index (χ4n) is 1.14. The van der Waals surface area contributed by atoms with Crippen molar-refractivity contribution in [1.82, 2.24) is 9.97 Å². The molecule has 2 heterocycles. The Kier molecular flexibility index (Phi) is 6.01. The second-order valence-corrected chi connectivity index (χ2v) is 4.14. The molecule has 0 aromatic carbocycles. The minimum Gasteiger partial charge on any atom is -0.258 e. The van der Waals surface area contributed by atoms with E-state index in [-0.39, 0.29) is 15.9 Å². The molecule has 0 atom stereocenters. The predicted molar refractivity (Wildman–Crippen MR) is 71.7 cm³/mol. The Morgan fingerprint density at radius 2 is 1.50 bits per heavy atom. The molecule has 2 rings (SSSR count). The summed E-state index contributed by atoms with van der Waals surface area (Å²) in [6, 6.07) is 2.03. The van der Waals surface area contributed by atoms with Crippen molar-refractivity contribution in [3.8, 4) is 0 Å². The number of nitrogens with zero attached hydrogens (tertiary/aromatic N) is 4. The number of halogens is 4. The lowest BCUT2D eigenvalue weighted by Gasteiger charge is -1.94. The molecule has 0 bridgehead atoms. The van der Waals surface area contributed by atoms with Gasteiger partial charge in [0, 0.05) is 12.4 Å². The maximum Gasteiger partial charge on any atom is 0.359 e. The third kappa shape index (κ3) is 4.27. The van der Waals surface area contributed by atoms with Gasteiger partial charge in [-0.1, -0.05) is 23.2 Å². The highest BCUT2D eigenvalue weighted by Gasteiger charge is 2.20. The van der Waals surface area contributed by atoms with E-state index in [2.05, 4.69) is 9.97 Å². The molecule has 2 aromatic rings. The fourth-order valence-corrected chi connectivity index (χ4v) is 1.63. The maximum atomic E-state index is 12.4. The summed E-state index contributed by atoms with van der Waals surface area (Å²) < 4.78 is 24.7. The van der Waals surface area contributed by atoms with Crippen molar-refractivity contribution in [3.63, 3.8) is 0 Å². The van der Waals surface area contributed by atoms with Crippen molar-refractivity contribution in [2.24, 2.45) is 0 Å². The van der Waals surface area contributed by atoms with E-state index < -0.39 is 27.3 Å². The first-order valence-electron chi connectivity index (χ1n) is 5.14. The number of nitro groups is 2. The maximum absolute atomic E-state index is 12.4. The monoisotopic (exact) mass is 352 g/mol. The highest BCUT2D eigenvalue weighted by molar-refractivity contribution is 6.37. The highest BCUT2D eigenvalue weighted by atomic mass is 35.5. The smallest absolute Gasteiger partial charge is 0.258 e. The number of hydrogen-bond donors (Lipinski definition) is 0. The summed E-state index contributed by atoms with van der Waals surface area (Å²) in [6.45, 7) is 0. The summed E-state index contributed by atoms with van der Waals surface area (Å²) in [4.78, 5) is 24.8.